The Morgan fingerprint density at radius 1 is 1.13 bits per heavy atom. The number of carbonyl (C=O) groups is 2. The maximum absolute atomic E-state index is 13.6. The molecule has 5 heterocycles. The van der Waals surface area contributed by atoms with Gasteiger partial charge in [0.25, 0.3) is 0 Å². The maximum atomic E-state index is 13.6. The Balaban J connectivity index is 1.01. The second-order valence-electron chi connectivity index (χ2n) is 10.6. The van der Waals surface area contributed by atoms with Crippen LogP contribution in [0, 0.1) is 0 Å². The molecule has 2 saturated heterocycles. The van der Waals surface area contributed by atoms with Gasteiger partial charge in [-0.1, -0.05) is 18.2 Å². The molecule has 1 aromatic carbocycles. The summed E-state index contributed by atoms with van der Waals surface area (Å²) in [5.74, 6) is 0.439. The van der Waals surface area contributed by atoms with E-state index < -0.39 is 0 Å². The Kier molecular flexibility index (Phi) is 5.70. The van der Waals surface area contributed by atoms with Crippen LogP contribution >= 0.6 is 0 Å². The van der Waals surface area contributed by atoms with Crippen LogP contribution in [0.15, 0.2) is 36.7 Å². The van der Waals surface area contributed by atoms with E-state index in [1.54, 1.807) is 0 Å². The molecule has 3 aliphatic heterocycles. The van der Waals surface area contributed by atoms with Gasteiger partial charge in [0.1, 0.15) is 12.4 Å². The number of tetrazole rings is 1. The highest BCUT2D eigenvalue weighted by Crippen LogP contribution is 2.35. The summed E-state index contributed by atoms with van der Waals surface area (Å²) in [6, 6.07) is 10.0. The van der Waals surface area contributed by atoms with E-state index in [0.717, 1.165) is 54.7 Å². The lowest BCUT2D eigenvalue weighted by molar-refractivity contribution is -0.141. The molecule has 0 saturated carbocycles. The Bertz CT molecular complexity index is 1390. The Hall–Kier alpha value is -3.70. The molecule has 0 radical (unpaired) electrons. The predicted molar refractivity (Wildman–Crippen MR) is 134 cm³/mol. The molecule has 11 heteroatoms. The van der Waals surface area contributed by atoms with Gasteiger partial charge in [0.15, 0.2) is 5.82 Å². The second-order valence-corrected chi connectivity index (χ2v) is 10.6. The van der Waals surface area contributed by atoms with Crippen LogP contribution < -0.4 is 0 Å². The molecule has 3 aromatic rings. The average Bonchev–Trinajstić information content (AvgIpc) is 3.62. The fourth-order valence-electron chi connectivity index (χ4n) is 6.29. The van der Waals surface area contributed by atoms with Crippen molar-refractivity contribution in [3.63, 3.8) is 0 Å². The van der Waals surface area contributed by atoms with E-state index >= 15 is 0 Å². The number of carbonyl (C=O) groups excluding carboxylic acids is 2. The van der Waals surface area contributed by atoms with Gasteiger partial charge >= 0.3 is 5.97 Å². The maximum Gasteiger partial charge on any atom is 0.338 e. The second kappa shape index (κ2) is 9.25. The number of piperazine rings is 1. The lowest BCUT2D eigenvalue weighted by Crippen LogP contribution is -2.60. The third-order valence-electron chi connectivity index (χ3n) is 8.26. The third kappa shape index (κ3) is 4.06. The lowest BCUT2D eigenvalue weighted by Gasteiger charge is -2.46. The number of cyclic esters (lactones) is 1. The number of ether oxygens (including phenoxy) is 2. The van der Waals surface area contributed by atoms with Gasteiger partial charge in [0.2, 0.25) is 5.91 Å². The van der Waals surface area contributed by atoms with Crippen molar-refractivity contribution in [2.45, 2.75) is 50.4 Å². The van der Waals surface area contributed by atoms with E-state index in [4.69, 9.17) is 14.5 Å². The first kappa shape index (κ1) is 23.4. The summed E-state index contributed by atoms with van der Waals surface area (Å²) in [6.45, 7) is 5.47. The number of esters is 1. The van der Waals surface area contributed by atoms with Gasteiger partial charge in [-0.05, 0) is 59.0 Å². The first-order valence-electron chi connectivity index (χ1n) is 13.2. The highest BCUT2D eigenvalue weighted by Gasteiger charge is 2.39. The molecule has 1 amide bonds. The van der Waals surface area contributed by atoms with Gasteiger partial charge in [-0.15, -0.1) is 5.10 Å². The molecule has 7 rings (SSSR count). The van der Waals surface area contributed by atoms with Gasteiger partial charge in [0, 0.05) is 38.3 Å². The van der Waals surface area contributed by atoms with Crippen LogP contribution in [0.1, 0.15) is 58.1 Å². The van der Waals surface area contributed by atoms with Crippen LogP contribution in [0.25, 0.3) is 5.82 Å². The summed E-state index contributed by atoms with van der Waals surface area (Å²) in [6.07, 6.45) is 3.63. The van der Waals surface area contributed by atoms with Crippen LogP contribution in [-0.2, 0) is 27.1 Å². The van der Waals surface area contributed by atoms with Crippen molar-refractivity contribution < 1.29 is 19.1 Å². The van der Waals surface area contributed by atoms with E-state index in [-0.39, 0.29) is 36.0 Å². The van der Waals surface area contributed by atoms with E-state index in [0.29, 0.717) is 31.1 Å². The summed E-state index contributed by atoms with van der Waals surface area (Å²) in [7, 11) is 0. The molecule has 0 bridgehead atoms. The topological polar surface area (TPSA) is 116 Å². The normalized spacial score (nSPS) is 26.9. The quantitative estimate of drug-likeness (QED) is 0.478. The number of amides is 1. The standard InChI is InChI=1S/C27H29N7O4/c1-16-10-18-11-17(2-3-20(18)27(36)38-16)24-13-32-8-9-33(12-19(32)14-37-24)26(35)22-4-6-23-21(22)5-7-25(29-23)34-15-28-30-31-34/h2-3,5,7,11,15-16,19,22,24H,4,6,8-10,12-14H2,1H3/t16-,19-,22?,24-/m0/s1. The Labute approximate surface area is 219 Å². The summed E-state index contributed by atoms with van der Waals surface area (Å²) in [5.41, 5.74) is 4.75. The summed E-state index contributed by atoms with van der Waals surface area (Å²) < 4.78 is 13.2. The summed E-state index contributed by atoms with van der Waals surface area (Å²) >= 11 is 0. The van der Waals surface area contributed by atoms with E-state index in [1.807, 2.05) is 36.1 Å². The number of morpholine rings is 1. The van der Waals surface area contributed by atoms with Gasteiger partial charge < -0.3 is 14.4 Å². The highest BCUT2D eigenvalue weighted by atomic mass is 16.5. The number of fused-ring (bicyclic) bond motifs is 3. The molecule has 38 heavy (non-hydrogen) atoms. The zero-order chi connectivity index (χ0) is 25.8. The first-order chi connectivity index (χ1) is 18.5. The molecule has 1 unspecified atom stereocenters. The zero-order valence-corrected chi connectivity index (χ0v) is 21.2. The van der Waals surface area contributed by atoms with Gasteiger partial charge in [-0.2, -0.15) is 4.68 Å². The van der Waals surface area contributed by atoms with Crippen molar-refractivity contribution in [1.82, 2.24) is 35.0 Å². The zero-order valence-electron chi connectivity index (χ0n) is 21.2. The minimum atomic E-state index is -0.246. The number of benzene rings is 1. The van der Waals surface area contributed by atoms with Crippen molar-refractivity contribution in [3.05, 3.63) is 64.6 Å². The monoisotopic (exact) mass is 515 g/mol. The highest BCUT2D eigenvalue weighted by molar-refractivity contribution is 5.92. The van der Waals surface area contributed by atoms with Crippen molar-refractivity contribution in [2.75, 3.05) is 32.8 Å². The van der Waals surface area contributed by atoms with Crippen molar-refractivity contribution in [2.24, 2.45) is 0 Å². The molecule has 0 spiro atoms. The smallest absolute Gasteiger partial charge is 0.338 e. The molecule has 0 N–H and O–H groups in total. The molecular formula is C27H29N7O4. The van der Waals surface area contributed by atoms with Crippen LogP contribution in [0.3, 0.4) is 0 Å². The first-order valence-corrected chi connectivity index (χ1v) is 13.2. The molecule has 11 nitrogen and oxygen atoms in total. The van der Waals surface area contributed by atoms with Gasteiger partial charge in [-0.3, -0.25) is 9.69 Å². The van der Waals surface area contributed by atoms with Crippen LogP contribution in [-0.4, -0.2) is 91.8 Å². The number of pyridine rings is 1. The van der Waals surface area contributed by atoms with E-state index in [2.05, 4.69) is 26.5 Å². The molecule has 4 atom stereocenters. The largest absolute Gasteiger partial charge is 0.459 e. The number of hydrogen-bond acceptors (Lipinski definition) is 9. The number of hydrogen-bond donors (Lipinski definition) is 0. The lowest BCUT2D eigenvalue weighted by atomic mass is 9.94. The van der Waals surface area contributed by atoms with E-state index in [1.165, 1.54) is 11.0 Å². The molecular weight excluding hydrogens is 486 g/mol. The average molecular weight is 516 g/mol. The minimum Gasteiger partial charge on any atom is -0.459 e. The molecule has 2 fully saturated rings. The third-order valence-corrected chi connectivity index (χ3v) is 8.26. The fraction of sp³-hybridized carbons (Fsp3) is 0.481. The van der Waals surface area contributed by atoms with Gasteiger partial charge in [-0.25, -0.2) is 9.78 Å². The fourth-order valence-corrected chi connectivity index (χ4v) is 6.29. The molecule has 1 aliphatic carbocycles. The number of nitrogens with zero attached hydrogens (tertiary/aromatic N) is 7. The molecule has 2 aromatic heterocycles. The Morgan fingerprint density at radius 2 is 2.05 bits per heavy atom. The SMILES string of the molecule is C[C@H]1Cc2cc([C@@H]3CN4CCN(C(=O)C5CCc6nc(-n7cnnn7)ccc65)C[C@H]4CO3)ccc2C(=O)O1. The van der Waals surface area contributed by atoms with Crippen LogP contribution in [0.2, 0.25) is 0 Å². The molecule has 196 valence electrons. The van der Waals surface area contributed by atoms with Crippen molar-refractivity contribution in [3.8, 4) is 5.82 Å². The number of aryl methyl sites for hydroxylation is 1. The Morgan fingerprint density at radius 3 is 2.92 bits per heavy atom. The summed E-state index contributed by atoms with van der Waals surface area (Å²) in [4.78, 5) is 34.9. The van der Waals surface area contributed by atoms with Crippen LogP contribution in [0.4, 0.5) is 0 Å². The summed E-state index contributed by atoms with van der Waals surface area (Å²) in [5, 5.41) is 11.3. The van der Waals surface area contributed by atoms with Crippen molar-refractivity contribution in [1.29, 1.82) is 0 Å². The molecule has 4 aliphatic rings. The van der Waals surface area contributed by atoms with Gasteiger partial charge in [0.05, 0.1) is 30.2 Å². The predicted octanol–water partition coefficient (Wildman–Crippen LogP) is 1.47. The minimum absolute atomic E-state index is 0.0470. The number of rotatable bonds is 3. The van der Waals surface area contributed by atoms with Crippen LogP contribution in [0.5, 0.6) is 0 Å². The number of aromatic nitrogens is 5. The van der Waals surface area contributed by atoms with E-state index in [9.17, 15) is 9.59 Å². The van der Waals surface area contributed by atoms with Crippen molar-refractivity contribution >= 4 is 11.9 Å².